The molecule has 0 aromatic rings. The number of amides is 2. The van der Waals surface area contributed by atoms with E-state index < -0.39 is 53.9 Å². The van der Waals surface area contributed by atoms with Crippen LogP contribution in [-0.4, -0.2) is 75.5 Å². The molecule has 23 heavy (non-hydrogen) atoms. The first-order valence-electron chi connectivity index (χ1n) is 7.04. The van der Waals surface area contributed by atoms with Crippen LogP contribution in [0.2, 0.25) is 0 Å². The van der Waals surface area contributed by atoms with Crippen LogP contribution in [0.15, 0.2) is 0 Å². The van der Waals surface area contributed by atoms with Gasteiger partial charge in [-0.05, 0) is 6.42 Å². The third kappa shape index (κ3) is 3.51. The fourth-order valence-electron chi connectivity index (χ4n) is 2.55. The van der Waals surface area contributed by atoms with Gasteiger partial charge in [-0.1, -0.05) is 6.92 Å². The van der Waals surface area contributed by atoms with Crippen molar-refractivity contribution in [1.82, 2.24) is 5.32 Å². The number of hydrogen-bond acceptors (Lipinski definition) is 8. The van der Waals surface area contributed by atoms with Crippen LogP contribution in [0, 0.1) is 5.41 Å². The largest absolute Gasteiger partial charge is 0.479 e. The van der Waals surface area contributed by atoms with Gasteiger partial charge in [0, 0.05) is 6.42 Å². The van der Waals surface area contributed by atoms with Gasteiger partial charge in [0.1, 0.15) is 18.3 Å². The van der Waals surface area contributed by atoms with Gasteiger partial charge in [0.2, 0.25) is 11.8 Å². The number of ether oxygens (including phenoxy) is 2. The van der Waals surface area contributed by atoms with E-state index >= 15 is 0 Å². The zero-order valence-electron chi connectivity index (χ0n) is 12.3. The second-order valence-corrected chi connectivity index (χ2v) is 5.97. The molecule has 5 N–H and O–H groups in total. The molecule has 0 aliphatic carbocycles. The maximum atomic E-state index is 11.7. The van der Waals surface area contributed by atoms with Gasteiger partial charge in [0.25, 0.3) is 0 Å². The van der Waals surface area contributed by atoms with Crippen LogP contribution >= 0.6 is 0 Å². The minimum atomic E-state index is -1.79. The van der Waals surface area contributed by atoms with Crippen molar-refractivity contribution in [3.8, 4) is 0 Å². The lowest BCUT2D eigenvalue weighted by molar-refractivity contribution is -0.294. The van der Waals surface area contributed by atoms with E-state index in [0.29, 0.717) is 0 Å². The van der Waals surface area contributed by atoms with Gasteiger partial charge < -0.3 is 29.9 Å². The lowest BCUT2D eigenvalue weighted by Gasteiger charge is -2.38. The van der Waals surface area contributed by atoms with Crippen molar-refractivity contribution in [2.75, 3.05) is 6.61 Å². The topological polar surface area (TPSA) is 163 Å². The summed E-state index contributed by atoms with van der Waals surface area (Å²) in [6.45, 7) is 1.46. The molecule has 2 heterocycles. The number of imide groups is 1. The molecule has 2 aliphatic rings. The Bertz CT molecular complexity index is 510. The Morgan fingerprint density at radius 1 is 1.30 bits per heavy atom. The second-order valence-electron chi connectivity index (χ2n) is 5.97. The number of aliphatic hydroxyl groups is 3. The van der Waals surface area contributed by atoms with Gasteiger partial charge >= 0.3 is 5.97 Å². The Morgan fingerprint density at radius 3 is 2.48 bits per heavy atom. The normalized spacial score (nSPS) is 41.0. The molecule has 2 amide bonds. The summed E-state index contributed by atoms with van der Waals surface area (Å²) in [4.78, 5) is 33.8. The minimum Gasteiger partial charge on any atom is -0.479 e. The molecule has 2 rings (SSSR count). The summed E-state index contributed by atoms with van der Waals surface area (Å²) in [5.41, 5.74) is -0.957. The summed E-state index contributed by atoms with van der Waals surface area (Å²) in [6, 6.07) is 0. The quantitative estimate of drug-likeness (QED) is 0.338. The lowest BCUT2D eigenvalue weighted by atomic mass is 9.85. The summed E-state index contributed by atoms with van der Waals surface area (Å²) < 4.78 is 10.1. The summed E-state index contributed by atoms with van der Waals surface area (Å²) in [6.07, 6.45) is -8.27. The molecule has 0 bridgehead atoms. The number of carboxylic acids is 1. The first-order chi connectivity index (χ1) is 10.7. The molecule has 10 heteroatoms. The number of rotatable bonds is 5. The van der Waals surface area contributed by atoms with E-state index in [1.807, 2.05) is 0 Å². The van der Waals surface area contributed by atoms with Crippen LogP contribution in [0.3, 0.4) is 0 Å². The molecular formula is C13H19NO9. The van der Waals surface area contributed by atoms with Crippen molar-refractivity contribution in [2.24, 2.45) is 5.41 Å². The van der Waals surface area contributed by atoms with Crippen molar-refractivity contribution in [3.63, 3.8) is 0 Å². The maximum Gasteiger partial charge on any atom is 0.335 e. The van der Waals surface area contributed by atoms with E-state index in [2.05, 4.69) is 5.32 Å². The number of carbonyl (C=O) groups excluding carboxylic acids is 2. The van der Waals surface area contributed by atoms with Gasteiger partial charge in [-0.15, -0.1) is 0 Å². The van der Waals surface area contributed by atoms with E-state index in [4.69, 9.17) is 14.6 Å². The van der Waals surface area contributed by atoms with Crippen molar-refractivity contribution in [2.45, 2.75) is 50.5 Å². The highest BCUT2D eigenvalue weighted by atomic mass is 16.7. The number of aliphatic hydroxyl groups excluding tert-OH is 3. The predicted octanol–water partition coefficient (Wildman–Crippen LogP) is -2.66. The van der Waals surface area contributed by atoms with Crippen molar-refractivity contribution >= 4 is 17.8 Å². The standard InChI is InChI=1S/C13H19NO9/c1-13(4-5(15)14-12(13)21)2-3-22-11-8(18)6(16)7(17)9(23-11)10(19)20/h6-9,11,16-18H,2-4H2,1H3,(H,19,20)(H,14,15,21)/t6-,7-,8+,9-,11+,13?/m0/s1. The molecule has 1 unspecified atom stereocenters. The number of carbonyl (C=O) groups is 3. The summed E-state index contributed by atoms with van der Waals surface area (Å²) >= 11 is 0. The van der Waals surface area contributed by atoms with E-state index in [0.717, 1.165) is 0 Å². The average Bonchev–Trinajstić information content (AvgIpc) is 2.71. The van der Waals surface area contributed by atoms with Crippen LogP contribution in [0.25, 0.3) is 0 Å². The Labute approximate surface area is 131 Å². The molecule has 0 aromatic heterocycles. The minimum absolute atomic E-state index is 0.00234. The fraction of sp³-hybridized carbons (Fsp3) is 0.769. The molecule has 2 saturated heterocycles. The predicted molar refractivity (Wildman–Crippen MR) is 70.8 cm³/mol. The Kier molecular flexibility index (Phi) is 5.01. The highest BCUT2D eigenvalue weighted by Crippen LogP contribution is 2.31. The molecule has 2 aliphatic heterocycles. The maximum absolute atomic E-state index is 11.7. The van der Waals surface area contributed by atoms with Crippen LogP contribution < -0.4 is 5.32 Å². The molecule has 2 fully saturated rings. The summed E-state index contributed by atoms with van der Waals surface area (Å²) in [5, 5.41) is 40.0. The zero-order chi connectivity index (χ0) is 17.4. The van der Waals surface area contributed by atoms with E-state index in [1.165, 1.54) is 0 Å². The van der Waals surface area contributed by atoms with Gasteiger partial charge in [-0.3, -0.25) is 14.9 Å². The lowest BCUT2D eigenvalue weighted by Crippen LogP contribution is -2.60. The van der Waals surface area contributed by atoms with Gasteiger partial charge in [0.05, 0.1) is 12.0 Å². The summed E-state index contributed by atoms with van der Waals surface area (Å²) in [5.74, 6) is -2.34. The van der Waals surface area contributed by atoms with Crippen LogP contribution in [0.1, 0.15) is 19.8 Å². The van der Waals surface area contributed by atoms with Gasteiger partial charge in [0.15, 0.2) is 12.4 Å². The SMILES string of the molecule is CC1(CCO[C@@H]2O[C@H](C(=O)O)[C@@H](O)[C@H](O)[C@H]2O)CC(=O)NC1=O. The molecule has 0 aromatic carbocycles. The Morgan fingerprint density at radius 2 is 1.96 bits per heavy atom. The van der Waals surface area contributed by atoms with E-state index in [-0.39, 0.29) is 19.4 Å². The summed E-state index contributed by atoms with van der Waals surface area (Å²) in [7, 11) is 0. The molecule has 6 atom stereocenters. The monoisotopic (exact) mass is 333 g/mol. The average molecular weight is 333 g/mol. The third-order valence-corrected chi connectivity index (χ3v) is 4.10. The highest BCUT2D eigenvalue weighted by Gasteiger charge is 2.48. The number of aliphatic carboxylic acids is 1. The van der Waals surface area contributed by atoms with Gasteiger partial charge in [-0.2, -0.15) is 0 Å². The van der Waals surface area contributed by atoms with Crippen molar-refractivity contribution < 1.29 is 44.3 Å². The van der Waals surface area contributed by atoms with Crippen LogP contribution in [-0.2, 0) is 23.9 Å². The molecule has 0 saturated carbocycles. The van der Waals surface area contributed by atoms with Crippen molar-refractivity contribution in [1.29, 1.82) is 0 Å². The second kappa shape index (κ2) is 6.49. The molecule has 10 nitrogen and oxygen atoms in total. The number of nitrogens with one attached hydrogen (secondary N) is 1. The first kappa shape index (κ1) is 17.8. The van der Waals surface area contributed by atoms with Crippen molar-refractivity contribution in [3.05, 3.63) is 0 Å². The molecular weight excluding hydrogens is 314 g/mol. The van der Waals surface area contributed by atoms with Gasteiger partial charge in [-0.25, -0.2) is 4.79 Å². The zero-order valence-corrected chi connectivity index (χ0v) is 12.3. The third-order valence-electron chi connectivity index (χ3n) is 4.10. The first-order valence-corrected chi connectivity index (χ1v) is 7.04. The van der Waals surface area contributed by atoms with Crippen LogP contribution in [0.5, 0.6) is 0 Å². The van der Waals surface area contributed by atoms with E-state index in [1.54, 1.807) is 6.92 Å². The molecule has 0 radical (unpaired) electrons. The highest BCUT2D eigenvalue weighted by molar-refractivity contribution is 6.05. The molecule has 0 spiro atoms. The Hall–Kier alpha value is -1.59. The number of carboxylic acid groups (broad SMARTS) is 1. The Balaban J connectivity index is 1.93. The van der Waals surface area contributed by atoms with E-state index in [9.17, 15) is 29.7 Å². The smallest absolute Gasteiger partial charge is 0.335 e. The number of hydrogen-bond donors (Lipinski definition) is 5. The fourth-order valence-corrected chi connectivity index (χ4v) is 2.55. The van der Waals surface area contributed by atoms with Crippen LogP contribution in [0.4, 0.5) is 0 Å². The molecule has 130 valence electrons.